The second-order valence-electron chi connectivity index (χ2n) is 17.4. The molecule has 2 N–H and O–H groups in total. The number of hydrogen-bond donors (Lipinski definition) is 2. The van der Waals surface area contributed by atoms with Crippen LogP contribution in [-0.2, 0) is 65.8 Å². The van der Waals surface area contributed by atoms with Gasteiger partial charge in [0.2, 0.25) is 15.9 Å². The average Bonchev–Trinajstić information content (AvgIpc) is 3.74. The Hall–Kier alpha value is -6.47. The van der Waals surface area contributed by atoms with Gasteiger partial charge in [-0.3, -0.25) is 14.2 Å². The fraction of sp³-hybridized carbons (Fsp3) is 0.395. The number of pyridine rings is 1. The lowest BCUT2D eigenvalue weighted by Crippen LogP contribution is -2.40. The summed E-state index contributed by atoms with van der Waals surface area (Å²) in [4.78, 5) is 43.6. The van der Waals surface area contributed by atoms with E-state index in [1.165, 1.54) is 13.8 Å². The Morgan fingerprint density at radius 3 is 2.17 bits per heavy atom. The number of anilines is 1. The summed E-state index contributed by atoms with van der Waals surface area (Å²) in [6.45, 7) is -0.147. The summed E-state index contributed by atoms with van der Waals surface area (Å²) in [7, 11) is -8.94. The standard InChI is InChI=1S/C43H36ClF10N7O9S2/c1-19(38(63)64)70-39(65)61(72(5,68)69)37-32-28(44)9-8-25(34(32)60(58-37)18-41(47,48)49)24-7-6-23(10-11-40(2,3)71(4,66)67)55-33(24)29(14-20-12-21(45)15-22(46)13-20)56-30(62)17-59-36-31(35(57-59)43(52,53)54)26-16-27(26)42(36,50)51/h6-9,12-13,15,19,26-27,29H,14,16-18H2,1-5H3,(H,56,62)(H,63,64)/t19-,26+,27-,29+/m1/s1. The van der Waals surface area contributed by atoms with Crippen LogP contribution in [0, 0.1) is 29.4 Å². The highest BCUT2D eigenvalue weighted by Crippen LogP contribution is 2.68. The number of alkyl halides is 8. The number of carboxylic acid groups (broad SMARTS) is 1. The number of halogens is 11. The zero-order chi connectivity index (χ0) is 53.6. The van der Waals surface area contributed by atoms with Gasteiger partial charge in [-0.25, -0.2) is 40.2 Å². The summed E-state index contributed by atoms with van der Waals surface area (Å²) in [6, 6.07) is 4.39. The van der Waals surface area contributed by atoms with E-state index in [1.807, 2.05) is 0 Å². The van der Waals surface area contributed by atoms with Crippen molar-refractivity contribution < 1.29 is 85.0 Å². The van der Waals surface area contributed by atoms with Gasteiger partial charge in [-0.1, -0.05) is 23.6 Å². The minimum atomic E-state index is -5.24. The van der Waals surface area contributed by atoms with E-state index >= 15 is 8.78 Å². The van der Waals surface area contributed by atoms with Gasteiger partial charge >= 0.3 is 24.4 Å². The molecule has 0 bridgehead atoms. The number of carbonyl (C=O) groups excluding carboxylic acids is 2. The predicted molar refractivity (Wildman–Crippen MR) is 234 cm³/mol. The summed E-state index contributed by atoms with van der Waals surface area (Å²) in [5.74, 6) is -8.19. The molecule has 7 rings (SSSR count). The van der Waals surface area contributed by atoms with Crippen molar-refractivity contribution in [2.75, 3.05) is 16.8 Å². The number of carbonyl (C=O) groups is 3. The summed E-state index contributed by atoms with van der Waals surface area (Å²) >= 11 is 6.55. The minimum absolute atomic E-state index is 0.154. The Kier molecular flexibility index (Phi) is 13.5. The number of sulfone groups is 1. The number of ether oxygens (including phenoxy) is 1. The zero-order valence-corrected chi connectivity index (χ0v) is 39.9. The lowest BCUT2D eigenvalue weighted by molar-refractivity contribution is -0.145. The van der Waals surface area contributed by atoms with E-state index in [4.69, 9.17) is 16.3 Å². The SMILES string of the molecule is C[C@@H](OC(=O)N(c1nn(CC(F)(F)F)c2c(-c3ccc(C#CC(C)(C)S(C)(=O)=O)nc3[C@H](Cc3cc(F)cc(F)c3)NC(=O)Cn3nc(C(F)(F)F)c4c3C(F)(F)[C@@H]3C[C@H]43)ccc(Cl)c12)S(C)(=O)=O)C(=O)O. The number of amides is 2. The molecule has 1 saturated carbocycles. The Morgan fingerprint density at radius 2 is 1.60 bits per heavy atom. The maximum Gasteiger partial charge on any atom is 0.435 e. The number of benzene rings is 2. The average molecular weight is 1080 g/mol. The van der Waals surface area contributed by atoms with Crippen molar-refractivity contribution in [1.82, 2.24) is 29.9 Å². The molecule has 72 heavy (non-hydrogen) atoms. The molecule has 1 fully saturated rings. The van der Waals surface area contributed by atoms with Crippen LogP contribution in [0.2, 0.25) is 5.02 Å². The number of sulfonamides is 1. The second-order valence-corrected chi connectivity index (χ2v) is 22.2. The zero-order valence-electron chi connectivity index (χ0n) is 37.5. The highest BCUT2D eigenvalue weighted by Gasteiger charge is 2.68. The molecular weight excluding hydrogens is 1050 g/mol. The number of nitrogens with one attached hydrogen (secondary N) is 1. The fourth-order valence-corrected chi connectivity index (χ4v) is 9.26. The van der Waals surface area contributed by atoms with E-state index in [0.29, 0.717) is 12.3 Å². The third-order valence-corrected chi connectivity index (χ3v) is 14.9. The lowest BCUT2D eigenvalue weighted by Gasteiger charge is -2.23. The molecule has 0 saturated heterocycles. The number of carboxylic acids is 1. The van der Waals surface area contributed by atoms with Crippen LogP contribution in [0.3, 0.4) is 0 Å². The van der Waals surface area contributed by atoms with E-state index in [9.17, 15) is 71.4 Å². The van der Waals surface area contributed by atoms with E-state index in [0.717, 1.165) is 49.6 Å². The minimum Gasteiger partial charge on any atom is -0.479 e. The summed E-state index contributed by atoms with van der Waals surface area (Å²) < 4.78 is 201. The topological polar surface area (TPSA) is 213 Å². The van der Waals surface area contributed by atoms with Gasteiger partial charge in [0, 0.05) is 34.9 Å². The van der Waals surface area contributed by atoms with E-state index in [1.54, 1.807) is 0 Å². The first-order valence-corrected chi connectivity index (χ1v) is 24.9. The van der Waals surface area contributed by atoms with E-state index in [-0.39, 0.29) is 36.9 Å². The van der Waals surface area contributed by atoms with Crippen LogP contribution < -0.4 is 9.62 Å². The highest BCUT2D eigenvalue weighted by molar-refractivity contribution is 7.93. The molecule has 29 heteroatoms. The summed E-state index contributed by atoms with van der Waals surface area (Å²) in [5.41, 5.74) is -6.35. The summed E-state index contributed by atoms with van der Waals surface area (Å²) in [5, 5.41) is 17.6. The Morgan fingerprint density at radius 1 is 0.972 bits per heavy atom. The molecule has 2 aliphatic rings. The molecule has 5 aromatic rings. The van der Waals surface area contributed by atoms with Crippen molar-refractivity contribution in [3.8, 4) is 23.0 Å². The maximum absolute atomic E-state index is 15.6. The smallest absolute Gasteiger partial charge is 0.435 e. The summed E-state index contributed by atoms with van der Waals surface area (Å²) in [6.07, 6.45) is -14.2. The van der Waals surface area contributed by atoms with Crippen LogP contribution in [0.5, 0.6) is 0 Å². The number of nitrogens with zero attached hydrogens (tertiary/aromatic N) is 6. The van der Waals surface area contributed by atoms with Gasteiger partial charge < -0.3 is 15.2 Å². The molecule has 0 spiro atoms. The molecule has 16 nitrogen and oxygen atoms in total. The molecule has 3 heterocycles. The van der Waals surface area contributed by atoms with Gasteiger partial charge in [-0.05, 0) is 81.3 Å². The quantitative estimate of drug-likeness (QED) is 0.0859. The van der Waals surface area contributed by atoms with Gasteiger partial charge in [-0.2, -0.15) is 49.6 Å². The first kappa shape index (κ1) is 53.3. The van der Waals surface area contributed by atoms with Crippen LogP contribution >= 0.6 is 11.6 Å². The normalized spacial score (nSPS) is 17.3. The molecule has 0 unspecified atom stereocenters. The van der Waals surface area contributed by atoms with Crippen LogP contribution in [0.15, 0.2) is 42.5 Å². The molecule has 3 aromatic heterocycles. The van der Waals surface area contributed by atoms with Crippen LogP contribution in [0.4, 0.5) is 54.5 Å². The van der Waals surface area contributed by atoms with E-state index < -0.39 is 166 Å². The van der Waals surface area contributed by atoms with Gasteiger partial charge in [0.1, 0.15) is 40.9 Å². The van der Waals surface area contributed by atoms with Crippen LogP contribution in [0.25, 0.3) is 22.0 Å². The number of rotatable bonds is 13. The van der Waals surface area contributed by atoms with Crippen LogP contribution in [-0.4, -0.2) is 94.0 Å². The molecule has 386 valence electrons. The number of fused-ring (bicyclic) bond motifs is 4. The Labute approximate surface area is 406 Å². The molecule has 2 aliphatic carbocycles. The van der Waals surface area contributed by atoms with Crippen molar-refractivity contribution in [2.45, 2.75) is 87.8 Å². The molecule has 0 aliphatic heterocycles. The fourth-order valence-electron chi connectivity index (χ4n) is 8.03. The van der Waals surface area contributed by atoms with Gasteiger partial charge in [0.05, 0.1) is 33.9 Å². The molecule has 0 radical (unpaired) electrons. The van der Waals surface area contributed by atoms with E-state index in [2.05, 4.69) is 32.3 Å². The largest absolute Gasteiger partial charge is 0.479 e. The van der Waals surface area contributed by atoms with Crippen LogP contribution in [0.1, 0.15) is 73.1 Å². The lowest BCUT2D eigenvalue weighted by atomic mass is 9.93. The molecule has 4 atom stereocenters. The molecule has 2 aromatic carbocycles. The van der Waals surface area contributed by atoms with Gasteiger partial charge in [0.25, 0.3) is 5.92 Å². The third-order valence-electron chi connectivity index (χ3n) is 11.6. The van der Waals surface area contributed by atoms with Crippen molar-refractivity contribution >= 4 is 66.2 Å². The second kappa shape index (κ2) is 18.2. The first-order chi connectivity index (χ1) is 33.0. The third kappa shape index (κ3) is 10.5. The maximum atomic E-state index is 15.6. The highest BCUT2D eigenvalue weighted by atomic mass is 35.5. The Balaban J connectivity index is 1.49. The molecular formula is C43H36ClF10N7O9S2. The predicted octanol–water partition coefficient (Wildman–Crippen LogP) is 7.67. The van der Waals surface area contributed by atoms with Crippen molar-refractivity contribution in [3.63, 3.8) is 0 Å². The first-order valence-electron chi connectivity index (χ1n) is 20.7. The molecule has 2 amide bonds. The van der Waals surface area contributed by atoms with Crippen molar-refractivity contribution in [3.05, 3.63) is 93.0 Å². The van der Waals surface area contributed by atoms with Crippen molar-refractivity contribution in [1.29, 1.82) is 0 Å². The number of aromatic nitrogens is 5. The monoisotopic (exact) mass is 1080 g/mol. The van der Waals surface area contributed by atoms with Crippen molar-refractivity contribution in [2.24, 2.45) is 5.92 Å². The van der Waals surface area contributed by atoms with Gasteiger partial charge in [0.15, 0.2) is 27.5 Å². The van der Waals surface area contributed by atoms with Gasteiger partial charge in [-0.15, -0.1) is 0 Å². The number of hydrogen-bond acceptors (Lipinski definition) is 11. The Bertz CT molecular complexity index is 3370. The number of aliphatic carboxylic acids is 1.